The van der Waals surface area contributed by atoms with Gasteiger partial charge in [-0.3, -0.25) is 0 Å². The number of hydrogen-bond acceptors (Lipinski definition) is 2. The second kappa shape index (κ2) is 6.12. The van der Waals surface area contributed by atoms with Crippen LogP contribution >= 0.6 is 11.6 Å². The number of rotatable bonds is 5. The highest BCUT2D eigenvalue weighted by Crippen LogP contribution is 2.23. The first-order chi connectivity index (χ1) is 7.49. The van der Waals surface area contributed by atoms with E-state index in [0.29, 0.717) is 17.0 Å². The Labute approximate surface area is 103 Å². The minimum absolute atomic E-state index is 0.139. The van der Waals surface area contributed by atoms with Crippen LogP contribution in [0.25, 0.3) is 0 Å². The van der Waals surface area contributed by atoms with Gasteiger partial charge >= 0.3 is 0 Å². The van der Waals surface area contributed by atoms with E-state index in [1.807, 2.05) is 6.07 Å². The van der Waals surface area contributed by atoms with Crippen molar-refractivity contribution in [2.75, 3.05) is 0 Å². The predicted molar refractivity (Wildman–Crippen MR) is 68.9 cm³/mol. The van der Waals surface area contributed by atoms with Crippen LogP contribution in [0.3, 0.4) is 0 Å². The third kappa shape index (κ3) is 4.42. The fraction of sp³-hybridized carbons (Fsp3) is 0.538. The molecule has 0 aromatic heterocycles. The lowest BCUT2D eigenvalue weighted by Gasteiger charge is -2.16. The van der Waals surface area contributed by atoms with Crippen molar-refractivity contribution in [3.63, 3.8) is 0 Å². The Morgan fingerprint density at radius 2 is 2.00 bits per heavy atom. The molecule has 3 heteroatoms. The zero-order valence-corrected chi connectivity index (χ0v) is 10.9. The number of phenols is 1. The van der Waals surface area contributed by atoms with E-state index >= 15 is 0 Å². The summed E-state index contributed by atoms with van der Waals surface area (Å²) in [5.41, 5.74) is 1.10. The first-order valence-electron chi connectivity index (χ1n) is 5.69. The molecule has 16 heavy (non-hydrogen) atoms. The Hall–Kier alpha value is -0.730. The Morgan fingerprint density at radius 1 is 1.31 bits per heavy atom. The number of phenolic OH excluding ortho intramolecular Hbond substituents is 1. The number of aromatic hydroxyl groups is 1. The van der Waals surface area contributed by atoms with Crippen LogP contribution in [0, 0.1) is 5.92 Å². The lowest BCUT2D eigenvalue weighted by atomic mass is 10.1. The van der Waals surface area contributed by atoms with Crippen molar-refractivity contribution < 1.29 is 5.11 Å². The maximum absolute atomic E-state index is 9.29. The second-order valence-corrected chi connectivity index (χ2v) is 5.10. The van der Waals surface area contributed by atoms with Gasteiger partial charge in [-0.25, -0.2) is 0 Å². The smallest absolute Gasteiger partial charge is 0.134 e. The first-order valence-corrected chi connectivity index (χ1v) is 6.07. The van der Waals surface area contributed by atoms with Crippen LogP contribution in [0.15, 0.2) is 18.2 Å². The van der Waals surface area contributed by atoms with Gasteiger partial charge in [-0.1, -0.05) is 31.5 Å². The van der Waals surface area contributed by atoms with Crippen LogP contribution < -0.4 is 5.32 Å². The average Bonchev–Trinajstić information content (AvgIpc) is 2.19. The highest BCUT2D eigenvalue weighted by atomic mass is 35.5. The van der Waals surface area contributed by atoms with E-state index in [1.54, 1.807) is 12.1 Å². The standard InChI is InChI=1S/C13H20ClNO/c1-9(2)6-10(3)15-8-11-4-5-13(16)12(14)7-11/h4-5,7,9-10,15-16H,6,8H2,1-3H3. The topological polar surface area (TPSA) is 32.3 Å². The Kier molecular flexibility index (Phi) is 5.10. The molecule has 0 fully saturated rings. The molecule has 90 valence electrons. The summed E-state index contributed by atoms with van der Waals surface area (Å²) < 4.78 is 0. The van der Waals surface area contributed by atoms with Crippen LogP contribution in [0.5, 0.6) is 5.75 Å². The summed E-state index contributed by atoms with van der Waals surface area (Å²) in [7, 11) is 0. The fourth-order valence-corrected chi connectivity index (χ4v) is 1.95. The van der Waals surface area contributed by atoms with Crippen molar-refractivity contribution >= 4 is 11.6 Å². The summed E-state index contributed by atoms with van der Waals surface area (Å²) in [6.07, 6.45) is 1.16. The zero-order valence-electron chi connectivity index (χ0n) is 10.1. The highest BCUT2D eigenvalue weighted by Gasteiger charge is 2.05. The summed E-state index contributed by atoms with van der Waals surface area (Å²) in [5, 5.41) is 13.1. The van der Waals surface area contributed by atoms with Gasteiger partial charge in [-0.2, -0.15) is 0 Å². The normalized spacial score (nSPS) is 13.1. The van der Waals surface area contributed by atoms with Gasteiger partial charge in [-0.05, 0) is 37.0 Å². The van der Waals surface area contributed by atoms with Crippen molar-refractivity contribution in [2.45, 2.75) is 39.8 Å². The molecule has 0 bridgehead atoms. The van der Waals surface area contributed by atoms with E-state index in [4.69, 9.17) is 11.6 Å². The molecule has 0 saturated heterocycles. The highest BCUT2D eigenvalue weighted by molar-refractivity contribution is 6.32. The van der Waals surface area contributed by atoms with E-state index in [0.717, 1.165) is 18.5 Å². The summed E-state index contributed by atoms with van der Waals surface area (Å²) >= 11 is 5.84. The third-order valence-corrected chi connectivity index (χ3v) is 2.79. The van der Waals surface area contributed by atoms with E-state index in [-0.39, 0.29) is 5.75 Å². The Morgan fingerprint density at radius 3 is 2.56 bits per heavy atom. The quantitative estimate of drug-likeness (QED) is 0.826. The number of benzene rings is 1. The zero-order chi connectivity index (χ0) is 12.1. The molecule has 1 aromatic rings. The molecule has 0 aliphatic carbocycles. The monoisotopic (exact) mass is 241 g/mol. The summed E-state index contributed by atoms with van der Waals surface area (Å²) in [6.45, 7) is 7.40. The van der Waals surface area contributed by atoms with E-state index in [9.17, 15) is 5.11 Å². The minimum atomic E-state index is 0.139. The van der Waals surface area contributed by atoms with Gasteiger partial charge in [0.1, 0.15) is 5.75 Å². The molecule has 0 aliphatic rings. The summed E-state index contributed by atoms with van der Waals surface area (Å²) in [6, 6.07) is 5.81. The van der Waals surface area contributed by atoms with Crippen LogP contribution in [0.2, 0.25) is 5.02 Å². The van der Waals surface area contributed by atoms with Gasteiger partial charge < -0.3 is 10.4 Å². The van der Waals surface area contributed by atoms with E-state index in [2.05, 4.69) is 26.1 Å². The van der Waals surface area contributed by atoms with Crippen LogP contribution in [-0.4, -0.2) is 11.1 Å². The van der Waals surface area contributed by atoms with Gasteiger partial charge in [0.05, 0.1) is 5.02 Å². The van der Waals surface area contributed by atoms with Gasteiger partial charge in [0, 0.05) is 12.6 Å². The fourth-order valence-electron chi connectivity index (χ4n) is 1.74. The van der Waals surface area contributed by atoms with Gasteiger partial charge in [0.15, 0.2) is 0 Å². The SMILES string of the molecule is CC(C)CC(C)NCc1ccc(O)c(Cl)c1. The predicted octanol–water partition coefficient (Wildman–Crippen LogP) is 3.57. The van der Waals surface area contributed by atoms with Crippen LogP contribution in [0.4, 0.5) is 0 Å². The minimum Gasteiger partial charge on any atom is -0.506 e. The Balaban J connectivity index is 2.45. The molecule has 2 N–H and O–H groups in total. The van der Waals surface area contributed by atoms with Crippen molar-refractivity contribution in [1.29, 1.82) is 0 Å². The maximum atomic E-state index is 9.29. The first kappa shape index (κ1) is 13.3. The molecule has 0 radical (unpaired) electrons. The molecule has 1 atom stereocenters. The number of hydrogen-bond donors (Lipinski definition) is 2. The van der Waals surface area contributed by atoms with E-state index in [1.165, 1.54) is 0 Å². The molecule has 2 nitrogen and oxygen atoms in total. The van der Waals surface area contributed by atoms with Crippen molar-refractivity contribution in [3.8, 4) is 5.75 Å². The number of halogens is 1. The molecule has 0 aliphatic heterocycles. The van der Waals surface area contributed by atoms with Gasteiger partial charge in [0.25, 0.3) is 0 Å². The largest absolute Gasteiger partial charge is 0.506 e. The molecule has 1 rings (SSSR count). The van der Waals surface area contributed by atoms with Crippen LogP contribution in [0.1, 0.15) is 32.8 Å². The maximum Gasteiger partial charge on any atom is 0.134 e. The third-order valence-electron chi connectivity index (χ3n) is 2.49. The molecular formula is C13H20ClNO. The van der Waals surface area contributed by atoms with Crippen molar-refractivity contribution in [2.24, 2.45) is 5.92 Å². The lowest BCUT2D eigenvalue weighted by Crippen LogP contribution is -2.26. The van der Waals surface area contributed by atoms with Gasteiger partial charge in [-0.15, -0.1) is 0 Å². The van der Waals surface area contributed by atoms with Crippen LogP contribution in [-0.2, 0) is 6.54 Å². The summed E-state index contributed by atoms with van der Waals surface area (Å²) in [4.78, 5) is 0. The molecule has 0 heterocycles. The van der Waals surface area contributed by atoms with Crippen molar-refractivity contribution in [1.82, 2.24) is 5.32 Å². The van der Waals surface area contributed by atoms with E-state index < -0.39 is 0 Å². The molecule has 1 unspecified atom stereocenters. The van der Waals surface area contributed by atoms with Crippen molar-refractivity contribution in [3.05, 3.63) is 28.8 Å². The second-order valence-electron chi connectivity index (χ2n) is 4.70. The average molecular weight is 242 g/mol. The summed E-state index contributed by atoms with van der Waals surface area (Å²) in [5.74, 6) is 0.839. The molecule has 1 aromatic carbocycles. The molecule has 0 spiro atoms. The molecular weight excluding hydrogens is 222 g/mol. The molecule has 0 amide bonds. The number of nitrogens with one attached hydrogen (secondary N) is 1. The Bertz CT molecular complexity index is 339. The lowest BCUT2D eigenvalue weighted by molar-refractivity contribution is 0.441. The molecule has 0 saturated carbocycles. The van der Waals surface area contributed by atoms with Gasteiger partial charge in [0.2, 0.25) is 0 Å².